The van der Waals surface area contributed by atoms with Crippen molar-refractivity contribution in [2.75, 3.05) is 11.5 Å². The minimum absolute atomic E-state index is 0.00119. The van der Waals surface area contributed by atoms with Crippen molar-refractivity contribution in [3.05, 3.63) is 33.5 Å². The van der Waals surface area contributed by atoms with Crippen molar-refractivity contribution in [2.24, 2.45) is 14.1 Å². The van der Waals surface area contributed by atoms with E-state index in [4.69, 9.17) is 11.6 Å². The highest BCUT2D eigenvalue weighted by atomic mass is 35.5. The van der Waals surface area contributed by atoms with Gasteiger partial charge >= 0.3 is 5.69 Å². The second-order valence-electron chi connectivity index (χ2n) is 5.16. The molecule has 0 amide bonds. The number of fused-ring (bicyclic) bond motifs is 1. The Morgan fingerprint density at radius 3 is 2.62 bits per heavy atom. The first-order chi connectivity index (χ1) is 9.80. The van der Waals surface area contributed by atoms with Gasteiger partial charge in [-0.1, -0.05) is 17.7 Å². The van der Waals surface area contributed by atoms with Crippen molar-refractivity contribution in [3.8, 4) is 0 Å². The summed E-state index contributed by atoms with van der Waals surface area (Å²) in [4.78, 5) is 16.4. The van der Waals surface area contributed by atoms with Crippen molar-refractivity contribution in [1.29, 1.82) is 0 Å². The summed E-state index contributed by atoms with van der Waals surface area (Å²) >= 11 is 6.05. The molecule has 3 rings (SSSR count). The summed E-state index contributed by atoms with van der Waals surface area (Å²) in [5.74, 6) is 0.0914. The van der Waals surface area contributed by atoms with Crippen LogP contribution in [0.2, 0.25) is 5.15 Å². The van der Waals surface area contributed by atoms with Gasteiger partial charge in [0.25, 0.3) is 0 Å². The first-order valence-electron chi connectivity index (χ1n) is 6.42. The first kappa shape index (κ1) is 14.3. The summed E-state index contributed by atoms with van der Waals surface area (Å²) < 4.78 is 26.1. The molecule has 21 heavy (non-hydrogen) atoms. The average Bonchev–Trinajstić information content (AvgIpc) is 2.63. The number of rotatable bonds is 1. The zero-order valence-corrected chi connectivity index (χ0v) is 13.2. The monoisotopic (exact) mass is 327 g/mol. The molecule has 0 fully saturated rings. The second-order valence-corrected chi connectivity index (χ2v) is 7.77. The topological polar surface area (TPSA) is 74.0 Å². The lowest BCUT2D eigenvalue weighted by Gasteiger charge is -2.14. The standard InChI is InChI=1S/C13H14ClN3O3S/c1-16-9-7-10(14)15-11(12(9)17(2)13(16)18)8-3-5-21(19,20)6-4-8/h3,7H,4-6H2,1-2H3. The van der Waals surface area contributed by atoms with Crippen molar-refractivity contribution in [1.82, 2.24) is 14.1 Å². The number of halogens is 1. The number of aryl methyl sites for hydroxylation is 2. The minimum atomic E-state index is -3.01. The molecule has 2 aromatic rings. The zero-order chi connectivity index (χ0) is 15.4. The molecule has 0 atom stereocenters. The Kier molecular flexibility index (Phi) is 3.22. The third-order valence-corrected chi connectivity index (χ3v) is 5.48. The van der Waals surface area contributed by atoms with E-state index in [0.29, 0.717) is 23.1 Å². The van der Waals surface area contributed by atoms with Crippen LogP contribution in [0.15, 0.2) is 16.9 Å². The summed E-state index contributed by atoms with van der Waals surface area (Å²) in [7, 11) is 0.331. The van der Waals surface area contributed by atoms with Gasteiger partial charge in [-0.2, -0.15) is 0 Å². The van der Waals surface area contributed by atoms with E-state index in [2.05, 4.69) is 4.98 Å². The Labute approximate surface area is 126 Å². The molecule has 0 unspecified atom stereocenters. The molecule has 0 saturated heterocycles. The lowest BCUT2D eigenvalue weighted by molar-refractivity contribution is 0.597. The number of sulfone groups is 1. The Morgan fingerprint density at radius 1 is 1.29 bits per heavy atom. The molecule has 6 nitrogen and oxygen atoms in total. The van der Waals surface area contributed by atoms with E-state index >= 15 is 0 Å². The molecule has 0 aliphatic carbocycles. The normalized spacial score (nSPS) is 18.0. The second kappa shape index (κ2) is 4.71. The zero-order valence-electron chi connectivity index (χ0n) is 11.6. The molecule has 3 heterocycles. The molecule has 0 bridgehead atoms. The Hall–Kier alpha value is -1.60. The lowest BCUT2D eigenvalue weighted by Crippen LogP contribution is -2.19. The fourth-order valence-corrected chi connectivity index (χ4v) is 3.96. The molecule has 2 aromatic heterocycles. The van der Waals surface area contributed by atoms with Crippen LogP contribution in [-0.4, -0.2) is 34.0 Å². The van der Waals surface area contributed by atoms with Crippen LogP contribution in [0.3, 0.4) is 0 Å². The number of nitrogens with zero attached hydrogens (tertiary/aromatic N) is 3. The van der Waals surface area contributed by atoms with E-state index in [1.54, 1.807) is 26.2 Å². The molecule has 8 heteroatoms. The highest BCUT2D eigenvalue weighted by molar-refractivity contribution is 7.91. The molecule has 112 valence electrons. The van der Waals surface area contributed by atoms with Gasteiger partial charge in [-0.3, -0.25) is 9.13 Å². The average molecular weight is 328 g/mol. The van der Waals surface area contributed by atoms with Gasteiger partial charge in [0.2, 0.25) is 0 Å². The van der Waals surface area contributed by atoms with Gasteiger partial charge in [0.05, 0.1) is 28.2 Å². The van der Waals surface area contributed by atoms with Gasteiger partial charge in [0.15, 0.2) is 9.84 Å². The van der Waals surface area contributed by atoms with Crippen LogP contribution in [0, 0.1) is 0 Å². The van der Waals surface area contributed by atoms with Crippen LogP contribution in [0.25, 0.3) is 16.6 Å². The molecule has 1 aliphatic rings. The molecule has 0 saturated carbocycles. The molecular weight excluding hydrogens is 314 g/mol. The van der Waals surface area contributed by atoms with Crippen LogP contribution >= 0.6 is 11.6 Å². The number of hydrogen-bond donors (Lipinski definition) is 0. The van der Waals surface area contributed by atoms with E-state index in [1.165, 1.54) is 9.13 Å². The number of hydrogen-bond acceptors (Lipinski definition) is 4. The van der Waals surface area contributed by atoms with Crippen molar-refractivity contribution >= 4 is 38.0 Å². The van der Waals surface area contributed by atoms with Crippen LogP contribution in [0.5, 0.6) is 0 Å². The van der Waals surface area contributed by atoms with Crippen molar-refractivity contribution < 1.29 is 8.42 Å². The highest BCUT2D eigenvalue weighted by Gasteiger charge is 2.22. The molecule has 0 aromatic carbocycles. The molecule has 0 spiro atoms. The van der Waals surface area contributed by atoms with Crippen LogP contribution in [0.1, 0.15) is 12.1 Å². The van der Waals surface area contributed by atoms with Gasteiger partial charge in [-0.15, -0.1) is 0 Å². The summed E-state index contributed by atoms with van der Waals surface area (Å²) in [5.41, 5.74) is 2.61. The number of imidazole rings is 1. The van der Waals surface area contributed by atoms with Gasteiger partial charge in [0.1, 0.15) is 5.15 Å². The Morgan fingerprint density at radius 2 is 2.00 bits per heavy atom. The maximum atomic E-state index is 12.1. The van der Waals surface area contributed by atoms with E-state index in [9.17, 15) is 13.2 Å². The van der Waals surface area contributed by atoms with Gasteiger partial charge in [-0.25, -0.2) is 18.2 Å². The molecular formula is C13H14ClN3O3S. The predicted molar refractivity (Wildman–Crippen MR) is 82.2 cm³/mol. The van der Waals surface area contributed by atoms with E-state index in [0.717, 1.165) is 5.57 Å². The minimum Gasteiger partial charge on any atom is -0.295 e. The third kappa shape index (κ3) is 2.30. The fraction of sp³-hybridized carbons (Fsp3) is 0.385. The smallest absolute Gasteiger partial charge is 0.295 e. The molecule has 0 radical (unpaired) electrons. The lowest BCUT2D eigenvalue weighted by atomic mass is 10.1. The fourth-order valence-electron chi connectivity index (χ4n) is 2.62. The van der Waals surface area contributed by atoms with E-state index in [-0.39, 0.29) is 22.3 Å². The Balaban J connectivity index is 2.31. The highest BCUT2D eigenvalue weighted by Crippen LogP contribution is 2.29. The van der Waals surface area contributed by atoms with Crippen molar-refractivity contribution in [2.45, 2.75) is 6.42 Å². The number of pyridine rings is 1. The summed E-state index contributed by atoms with van der Waals surface area (Å²) in [6.45, 7) is 0. The molecule has 1 aliphatic heterocycles. The number of aromatic nitrogens is 3. The quantitative estimate of drug-likeness (QED) is 0.736. The van der Waals surface area contributed by atoms with Crippen molar-refractivity contribution in [3.63, 3.8) is 0 Å². The number of allylic oxidation sites excluding steroid dienone is 1. The summed E-state index contributed by atoms with van der Waals surface area (Å²) in [5, 5.41) is 0.285. The van der Waals surface area contributed by atoms with E-state index < -0.39 is 9.84 Å². The van der Waals surface area contributed by atoms with Crippen LogP contribution < -0.4 is 5.69 Å². The third-order valence-electron chi connectivity index (χ3n) is 3.78. The van der Waals surface area contributed by atoms with Crippen LogP contribution in [-0.2, 0) is 23.9 Å². The maximum Gasteiger partial charge on any atom is 0.328 e. The van der Waals surface area contributed by atoms with Gasteiger partial charge in [-0.05, 0) is 12.0 Å². The summed E-state index contributed by atoms with van der Waals surface area (Å²) in [6, 6.07) is 1.64. The molecule has 0 N–H and O–H groups in total. The van der Waals surface area contributed by atoms with Gasteiger partial charge in [0, 0.05) is 20.2 Å². The Bertz CT molecular complexity index is 938. The SMILES string of the molecule is Cn1c(=O)n(C)c2c(C3=CCS(=O)(=O)CC3)nc(Cl)cc21. The summed E-state index contributed by atoms with van der Waals surface area (Å²) in [6.07, 6.45) is 2.04. The van der Waals surface area contributed by atoms with Gasteiger partial charge < -0.3 is 0 Å². The maximum absolute atomic E-state index is 12.1. The predicted octanol–water partition coefficient (Wildman–Crippen LogP) is 1.13. The van der Waals surface area contributed by atoms with E-state index in [1.807, 2.05) is 0 Å². The first-order valence-corrected chi connectivity index (χ1v) is 8.62. The largest absolute Gasteiger partial charge is 0.328 e. The van der Waals surface area contributed by atoms with Crippen LogP contribution in [0.4, 0.5) is 0 Å².